The Labute approximate surface area is 237 Å². The summed E-state index contributed by atoms with van der Waals surface area (Å²) < 4.78 is 2.41. The number of nitrogens with zero attached hydrogens (tertiary/aromatic N) is 3. The topological polar surface area (TPSA) is 30.7 Å². The van der Waals surface area contributed by atoms with Gasteiger partial charge in [0.15, 0.2) is 0 Å². The summed E-state index contributed by atoms with van der Waals surface area (Å²) in [7, 11) is 0. The van der Waals surface area contributed by atoms with E-state index in [1.165, 1.54) is 27.4 Å². The van der Waals surface area contributed by atoms with Crippen LogP contribution >= 0.6 is 0 Å². The lowest BCUT2D eigenvalue weighted by molar-refractivity contribution is 0.0865. The second-order valence-electron chi connectivity index (χ2n) is 12.8. The summed E-state index contributed by atoms with van der Waals surface area (Å²) in [6.45, 7) is 14.1. The molecule has 0 spiro atoms. The Morgan fingerprint density at radius 3 is 1.90 bits per heavy atom. The summed E-state index contributed by atoms with van der Waals surface area (Å²) in [5.74, 6) is 0. The third-order valence-electron chi connectivity index (χ3n) is 8.47. The molecule has 0 saturated carbocycles. The van der Waals surface area contributed by atoms with Crippen LogP contribution in [0.15, 0.2) is 116 Å². The van der Waals surface area contributed by atoms with Crippen LogP contribution < -0.4 is 0 Å². The Morgan fingerprint density at radius 1 is 0.550 bits per heavy atom. The van der Waals surface area contributed by atoms with Crippen LogP contribution in [0.2, 0.25) is 0 Å². The second-order valence-corrected chi connectivity index (χ2v) is 12.8. The molecule has 3 heteroatoms. The first-order valence-electron chi connectivity index (χ1n) is 14.1. The lowest BCUT2D eigenvalue weighted by atomic mass is 9.49. The number of hydrogen-bond donors (Lipinski definition) is 0. The fourth-order valence-electron chi connectivity index (χ4n) is 7.31. The molecule has 3 heterocycles. The van der Waals surface area contributed by atoms with E-state index in [1.807, 2.05) is 30.6 Å². The second kappa shape index (κ2) is 9.45. The molecule has 3 nitrogen and oxygen atoms in total. The predicted molar refractivity (Wildman–Crippen MR) is 168 cm³/mol. The number of hydrogen-bond acceptors (Lipinski definition) is 2. The van der Waals surface area contributed by atoms with Crippen molar-refractivity contribution in [2.75, 3.05) is 0 Å². The molecular weight excluding hydrogens is 486 g/mol. The fraction of sp³-hybridized carbons (Fsp3) is 0.243. The molecule has 3 aromatic carbocycles. The van der Waals surface area contributed by atoms with Crippen molar-refractivity contribution >= 4 is 21.8 Å². The van der Waals surface area contributed by atoms with Gasteiger partial charge < -0.3 is 4.57 Å². The number of pyridine rings is 2. The Hall–Kier alpha value is -4.24. The van der Waals surface area contributed by atoms with Crippen LogP contribution in [-0.2, 0) is 5.41 Å². The monoisotopic (exact) mass is 523 g/mol. The zero-order valence-corrected chi connectivity index (χ0v) is 24.3. The molecule has 6 aromatic rings. The Bertz CT molecular complexity index is 1790. The van der Waals surface area contributed by atoms with Gasteiger partial charge in [0.2, 0.25) is 0 Å². The van der Waals surface area contributed by atoms with Gasteiger partial charge in [-0.05, 0) is 64.9 Å². The van der Waals surface area contributed by atoms with E-state index < -0.39 is 0 Å². The van der Waals surface area contributed by atoms with Crippen molar-refractivity contribution in [1.29, 1.82) is 0 Å². The molecule has 6 rings (SSSR count). The molecule has 40 heavy (non-hydrogen) atoms. The van der Waals surface area contributed by atoms with Gasteiger partial charge in [-0.25, -0.2) is 0 Å². The molecule has 0 aliphatic carbocycles. The van der Waals surface area contributed by atoms with E-state index in [-0.39, 0.29) is 16.2 Å². The molecule has 0 unspecified atom stereocenters. The van der Waals surface area contributed by atoms with Gasteiger partial charge in [-0.2, -0.15) is 0 Å². The number of aromatic nitrogens is 3. The van der Waals surface area contributed by atoms with Gasteiger partial charge in [-0.1, -0.05) is 96.1 Å². The molecule has 0 atom stereocenters. The highest BCUT2D eigenvalue weighted by molar-refractivity contribution is 6.10. The highest BCUT2D eigenvalue weighted by Crippen LogP contribution is 2.57. The van der Waals surface area contributed by atoms with Crippen LogP contribution in [0.5, 0.6) is 0 Å². The minimum absolute atomic E-state index is 0.106. The largest absolute Gasteiger partial charge is 0.309 e. The predicted octanol–water partition coefficient (Wildman–Crippen LogP) is 9.62. The van der Waals surface area contributed by atoms with E-state index in [2.05, 4.69) is 136 Å². The normalized spacial score (nSPS) is 12.8. The summed E-state index contributed by atoms with van der Waals surface area (Å²) >= 11 is 0. The van der Waals surface area contributed by atoms with E-state index in [1.54, 1.807) is 0 Å². The molecule has 3 aromatic heterocycles. The third kappa shape index (κ3) is 3.95. The Balaban J connectivity index is 1.66. The third-order valence-corrected chi connectivity index (χ3v) is 8.47. The molecule has 200 valence electrons. The van der Waals surface area contributed by atoms with Crippen molar-refractivity contribution in [3.8, 4) is 16.9 Å². The molecule has 0 aliphatic heterocycles. The van der Waals surface area contributed by atoms with Gasteiger partial charge in [0.1, 0.15) is 0 Å². The van der Waals surface area contributed by atoms with Gasteiger partial charge in [0.05, 0.1) is 22.4 Å². The molecule has 0 fully saturated rings. The van der Waals surface area contributed by atoms with Gasteiger partial charge in [0.25, 0.3) is 0 Å². The molecule has 0 aliphatic rings. The highest BCUT2D eigenvalue weighted by atomic mass is 15.0. The summed E-state index contributed by atoms with van der Waals surface area (Å²) in [5.41, 5.74) is 7.44. The van der Waals surface area contributed by atoms with E-state index in [9.17, 15) is 0 Å². The maximum atomic E-state index is 4.98. The van der Waals surface area contributed by atoms with E-state index >= 15 is 0 Å². The summed E-state index contributed by atoms with van der Waals surface area (Å²) in [6.07, 6.45) is 3.78. The van der Waals surface area contributed by atoms with Crippen molar-refractivity contribution in [2.24, 2.45) is 10.8 Å². The SMILES string of the molecule is CC(C)(C)C(c1cccc(-n2c3ccccc3c3ccc(-c4ccccn4)cc32)c1)(c1ccccn1)C(C)(C)C. The number of fused-ring (bicyclic) bond motifs is 3. The van der Waals surface area contributed by atoms with Crippen LogP contribution in [0, 0.1) is 10.8 Å². The quantitative estimate of drug-likeness (QED) is 0.230. The number of benzene rings is 3. The smallest absolute Gasteiger partial charge is 0.0702 e. The van der Waals surface area contributed by atoms with Gasteiger partial charge in [-0.3, -0.25) is 9.97 Å². The maximum Gasteiger partial charge on any atom is 0.0702 e. The first-order chi connectivity index (χ1) is 19.1. The minimum atomic E-state index is -0.338. The standard InChI is InChI=1S/C37H37N3/c1-35(2,3)37(36(4,5)6,34-19-10-12-23-39-34)27-14-13-15-28(25-27)40-32-18-8-7-16-29(32)30-21-20-26(24-33(30)40)31-17-9-11-22-38-31/h7-25H,1-6H3. The molecule has 0 radical (unpaired) electrons. The molecule has 0 N–H and O–H groups in total. The van der Waals surface area contributed by atoms with Crippen molar-refractivity contribution < 1.29 is 0 Å². The van der Waals surface area contributed by atoms with Crippen molar-refractivity contribution in [2.45, 2.75) is 47.0 Å². The summed E-state index contributed by atoms with van der Waals surface area (Å²) in [6, 6.07) is 36.9. The van der Waals surface area contributed by atoms with Gasteiger partial charge in [-0.15, -0.1) is 0 Å². The molecule has 0 amide bonds. The van der Waals surface area contributed by atoms with E-state index in [0.29, 0.717) is 0 Å². The highest BCUT2D eigenvalue weighted by Gasteiger charge is 2.54. The fourth-order valence-corrected chi connectivity index (χ4v) is 7.31. The zero-order chi connectivity index (χ0) is 28.1. The minimum Gasteiger partial charge on any atom is -0.309 e. The molecule has 0 bridgehead atoms. The Morgan fingerprint density at radius 2 is 1.23 bits per heavy atom. The summed E-state index contributed by atoms with van der Waals surface area (Å²) in [4.78, 5) is 9.61. The average molecular weight is 524 g/mol. The van der Waals surface area contributed by atoms with Crippen molar-refractivity contribution in [3.63, 3.8) is 0 Å². The van der Waals surface area contributed by atoms with Crippen molar-refractivity contribution in [3.05, 3.63) is 127 Å². The van der Waals surface area contributed by atoms with E-state index in [4.69, 9.17) is 4.98 Å². The summed E-state index contributed by atoms with van der Waals surface area (Å²) in [5, 5.41) is 2.49. The maximum absolute atomic E-state index is 4.98. The Kier molecular flexibility index (Phi) is 6.14. The lowest BCUT2D eigenvalue weighted by Crippen LogP contribution is -2.51. The lowest BCUT2D eigenvalue weighted by Gasteiger charge is -2.54. The number of rotatable bonds is 4. The van der Waals surface area contributed by atoms with Gasteiger partial charge in [0, 0.05) is 39.8 Å². The van der Waals surface area contributed by atoms with E-state index in [0.717, 1.165) is 22.6 Å². The zero-order valence-electron chi connectivity index (χ0n) is 24.3. The van der Waals surface area contributed by atoms with Crippen LogP contribution in [0.25, 0.3) is 38.8 Å². The first kappa shape index (κ1) is 26.0. The molecular formula is C37H37N3. The van der Waals surface area contributed by atoms with Crippen molar-refractivity contribution in [1.82, 2.24) is 14.5 Å². The first-order valence-corrected chi connectivity index (χ1v) is 14.1. The van der Waals surface area contributed by atoms with Crippen LogP contribution in [0.1, 0.15) is 52.8 Å². The number of para-hydroxylation sites is 1. The average Bonchev–Trinajstić information content (AvgIpc) is 3.27. The van der Waals surface area contributed by atoms with Crippen LogP contribution in [0.4, 0.5) is 0 Å². The van der Waals surface area contributed by atoms with Gasteiger partial charge >= 0.3 is 0 Å². The van der Waals surface area contributed by atoms with Crippen LogP contribution in [-0.4, -0.2) is 14.5 Å². The van der Waals surface area contributed by atoms with Crippen LogP contribution in [0.3, 0.4) is 0 Å². The molecule has 0 saturated heterocycles.